The molecule has 1 nitrogen and oxygen atoms in total. The molecule has 0 amide bonds. The van der Waals surface area contributed by atoms with Crippen LogP contribution in [-0.4, -0.2) is 7.05 Å². The molecule has 1 N–H and O–H groups in total. The summed E-state index contributed by atoms with van der Waals surface area (Å²) < 4.78 is 13.3. The zero-order valence-electron chi connectivity index (χ0n) is 13.3. The molecule has 0 bridgehead atoms. The Morgan fingerprint density at radius 1 is 1.10 bits per heavy atom. The minimum absolute atomic E-state index is 0.0951. The summed E-state index contributed by atoms with van der Waals surface area (Å²) in [5.74, 6) is 0.459. The molecule has 0 radical (unpaired) electrons. The van der Waals surface area contributed by atoms with E-state index in [4.69, 9.17) is 0 Å². The van der Waals surface area contributed by atoms with Gasteiger partial charge in [0.25, 0.3) is 0 Å². The second-order valence-corrected chi connectivity index (χ2v) is 6.07. The van der Waals surface area contributed by atoms with Gasteiger partial charge < -0.3 is 5.32 Å². The van der Waals surface area contributed by atoms with E-state index in [0.29, 0.717) is 5.92 Å². The fourth-order valence-corrected chi connectivity index (χ4v) is 2.84. The highest BCUT2D eigenvalue weighted by Gasteiger charge is 2.15. The van der Waals surface area contributed by atoms with Gasteiger partial charge in [-0.05, 0) is 60.7 Å². The molecule has 0 aliphatic rings. The summed E-state index contributed by atoms with van der Waals surface area (Å²) in [4.78, 5) is 0. The first kappa shape index (κ1) is 15.7. The van der Waals surface area contributed by atoms with Crippen LogP contribution < -0.4 is 5.32 Å². The standard InChI is InChI=1S/C19H24FN/c1-13(2)10-15-6-5-7-16(12-15)19(21-4)18-9-8-17(20)11-14(18)3/h5-9,11-13,19,21H,10H2,1-4H3. The minimum Gasteiger partial charge on any atom is -0.309 e. The van der Waals surface area contributed by atoms with Gasteiger partial charge in [0, 0.05) is 0 Å². The van der Waals surface area contributed by atoms with Crippen molar-refractivity contribution in [1.82, 2.24) is 5.32 Å². The number of halogens is 1. The highest BCUT2D eigenvalue weighted by Crippen LogP contribution is 2.26. The molecule has 0 aromatic heterocycles. The lowest BCUT2D eigenvalue weighted by atomic mass is 9.92. The van der Waals surface area contributed by atoms with E-state index in [1.807, 2.05) is 20.0 Å². The van der Waals surface area contributed by atoms with Gasteiger partial charge in [-0.3, -0.25) is 0 Å². The molecule has 0 spiro atoms. The van der Waals surface area contributed by atoms with Crippen LogP contribution in [0.2, 0.25) is 0 Å². The molecule has 0 aliphatic carbocycles. The third-order valence-electron chi connectivity index (χ3n) is 3.76. The number of aryl methyl sites for hydroxylation is 1. The fraction of sp³-hybridized carbons (Fsp3) is 0.368. The van der Waals surface area contributed by atoms with Gasteiger partial charge >= 0.3 is 0 Å². The van der Waals surface area contributed by atoms with Crippen molar-refractivity contribution >= 4 is 0 Å². The Morgan fingerprint density at radius 3 is 2.48 bits per heavy atom. The highest BCUT2D eigenvalue weighted by atomic mass is 19.1. The van der Waals surface area contributed by atoms with Crippen molar-refractivity contribution < 1.29 is 4.39 Å². The Labute approximate surface area is 127 Å². The van der Waals surface area contributed by atoms with Gasteiger partial charge in [-0.2, -0.15) is 0 Å². The number of rotatable bonds is 5. The number of benzene rings is 2. The molecule has 0 fully saturated rings. The van der Waals surface area contributed by atoms with Gasteiger partial charge in [0.1, 0.15) is 5.82 Å². The number of hydrogen-bond acceptors (Lipinski definition) is 1. The molecule has 0 saturated heterocycles. The van der Waals surface area contributed by atoms with Crippen LogP contribution in [0.25, 0.3) is 0 Å². The van der Waals surface area contributed by atoms with Gasteiger partial charge in [-0.1, -0.05) is 44.2 Å². The van der Waals surface area contributed by atoms with Crippen LogP contribution in [0.5, 0.6) is 0 Å². The first-order valence-corrected chi connectivity index (χ1v) is 7.53. The Morgan fingerprint density at radius 2 is 1.86 bits per heavy atom. The van der Waals surface area contributed by atoms with E-state index in [0.717, 1.165) is 17.5 Å². The van der Waals surface area contributed by atoms with Gasteiger partial charge in [-0.15, -0.1) is 0 Å². The summed E-state index contributed by atoms with van der Waals surface area (Å²) in [7, 11) is 1.95. The van der Waals surface area contributed by atoms with Crippen LogP contribution in [0, 0.1) is 18.7 Å². The van der Waals surface area contributed by atoms with Crippen molar-refractivity contribution in [3.63, 3.8) is 0 Å². The Balaban J connectivity index is 2.37. The molecular weight excluding hydrogens is 261 g/mol. The summed E-state index contributed by atoms with van der Waals surface area (Å²) >= 11 is 0. The van der Waals surface area contributed by atoms with Crippen molar-refractivity contribution in [3.05, 3.63) is 70.5 Å². The van der Waals surface area contributed by atoms with Crippen LogP contribution in [0.1, 0.15) is 42.1 Å². The normalized spacial score (nSPS) is 12.7. The summed E-state index contributed by atoms with van der Waals surface area (Å²) in [5.41, 5.74) is 4.68. The minimum atomic E-state index is -0.181. The molecule has 2 aromatic carbocycles. The van der Waals surface area contributed by atoms with E-state index < -0.39 is 0 Å². The van der Waals surface area contributed by atoms with E-state index >= 15 is 0 Å². The predicted octanol–water partition coefficient (Wildman–Crippen LogP) is 4.64. The Kier molecular flexibility index (Phi) is 5.13. The van der Waals surface area contributed by atoms with Crippen molar-refractivity contribution in [2.75, 3.05) is 7.05 Å². The maximum Gasteiger partial charge on any atom is 0.123 e. The largest absolute Gasteiger partial charge is 0.309 e. The van der Waals surface area contributed by atoms with Crippen molar-refractivity contribution in [3.8, 4) is 0 Å². The molecule has 1 atom stereocenters. The van der Waals surface area contributed by atoms with Crippen LogP contribution in [-0.2, 0) is 6.42 Å². The van der Waals surface area contributed by atoms with Crippen molar-refractivity contribution in [2.24, 2.45) is 5.92 Å². The first-order valence-electron chi connectivity index (χ1n) is 7.53. The zero-order chi connectivity index (χ0) is 15.4. The lowest BCUT2D eigenvalue weighted by Crippen LogP contribution is -2.19. The quantitative estimate of drug-likeness (QED) is 0.843. The molecule has 2 aromatic rings. The summed E-state index contributed by atoms with van der Waals surface area (Å²) in [6.07, 6.45) is 1.08. The Hall–Kier alpha value is -1.67. The molecule has 1 unspecified atom stereocenters. The maximum atomic E-state index is 13.3. The first-order chi connectivity index (χ1) is 10.0. The fourth-order valence-electron chi connectivity index (χ4n) is 2.84. The monoisotopic (exact) mass is 285 g/mol. The molecule has 112 valence electrons. The lowest BCUT2D eigenvalue weighted by Gasteiger charge is -2.20. The summed E-state index contributed by atoms with van der Waals surface area (Å²) in [6, 6.07) is 13.8. The van der Waals surface area contributed by atoms with Crippen LogP contribution >= 0.6 is 0 Å². The zero-order valence-corrected chi connectivity index (χ0v) is 13.3. The highest BCUT2D eigenvalue weighted by molar-refractivity contribution is 5.38. The average Bonchev–Trinajstić information content (AvgIpc) is 2.41. The smallest absolute Gasteiger partial charge is 0.123 e. The molecule has 21 heavy (non-hydrogen) atoms. The summed E-state index contributed by atoms with van der Waals surface area (Å²) in [6.45, 7) is 6.42. The van der Waals surface area contributed by atoms with E-state index in [-0.39, 0.29) is 11.9 Å². The third-order valence-corrected chi connectivity index (χ3v) is 3.76. The van der Waals surface area contributed by atoms with E-state index in [2.05, 4.69) is 43.4 Å². The van der Waals surface area contributed by atoms with Crippen LogP contribution in [0.4, 0.5) is 4.39 Å². The third kappa shape index (κ3) is 3.92. The van der Waals surface area contributed by atoms with Crippen LogP contribution in [0.3, 0.4) is 0 Å². The van der Waals surface area contributed by atoms with Gasteiger partial charge in [0.05, 0.1) is 6.04 Å². The topological polar surface area (TPSA) is 12.0 Å². The number of nitrogens with one attached hydrogen (secondary N) is 1. The SMILES string of the molecule is CNC(c1cccc(CC(C)C)c1)c1ccc(F)cc1C. The second-order valence-electron chi connectivity index (χ2n) is 6.07. The average molecular weight is 285 g/mol. The van der Waals surface area contributed by atoms with E-state index in [1.165, 1.54) is 17.2 Å². The maximum absolute atomic E-state index is 13.3. The van der Waals surface area contributed by atoms with Gasteiger partial charge in [-0.25, -0.2) is 4.39 Å². The van der Waals surface area contributed by atoms with Gasteiger partial charge in [0.15, 0.2) is 0 Å². The van der Waals surface area contributed by atoms with Crippen LogP contribution in [0.15, 0.2) is 42.5 Å². The summed E-state index contributed by atoms with van der Waals surface area (Å²) in [5, 5.41) is 3.35. The van der Waals surface area contributed by atoms with Crippen molar-refractivity contribution in [1.29, 1.82) is 0 Å². The lowest BCUT2D eigenvalue weighted by molar-refractivity contribution is 0.620. The van der Waals surface area contributed by atoms with E-state index in [9.17, 15) is 4.39 Å². The second kappa shape index (κ2) is 6.86. The molecule has 2 heteroatoms. The predicted molar refractivity (Wildman–Crippen MR) is 87.0 cm³/mol. The van der Waals surface area contributed by atoms with Gasteiger partial charge in [0.2, 0.25) is 0 Å². The molecule has 0 heterocycles. The van der Waals surface area contributed by atoms with E-state index in [1.54, 1.807) is 6.07 Å². The Bertz CT molecular complexity index is 604. The molecule has 2 rings (SSSR count). The van der Waals surface area contributed by atoms with Crippen molar-refractivity contribution in [2.45, 2.75) is 33.2 Å². The number of hydrogen-bond donors (Lipinski definition) is 1. The molecule has 0 aliphatic heterocycles. The molecular formula is C19H24FN. The molecule has 0 saturated carbocycles.